The fourth-order valence-electron chi connectivity index (χ4n) is 2.50. The van der Waals surface area contributed by atoms with Gasteiger partial charge in [-0.05, 0) is 25.0 Å². The van der Waals surface area contributed by atoms with Crippen LogP contribution in [0.15, 0.2) is 24.3 Å². The standard InChI is InChI=1S/C17H21ClN4O4/c18-13-7-4-3-6-12(13)17(26)19-10-14(23)20-21-15(24)11-22-9-5-1-2-8-16(22)25/h3-4,6-7H,1-2,5,8-11H2,(H,19,26)(H,20,23)(H,21,24). The van der Waals surface area contributed by atoms with Crippen molar-refractivity contribution >= 4 is 35.2 Å². The van der Waals surface area contributed by atoms with E-state index in [1.165, 1.54) is 11.0 Å². The Hall–Kier alpha value is -2.61. The topological polar surface area (TPSA) is 108 Å². The van der Waals surface area contributed by atoms with Gasteiger partial charge < -0.3 is 10.2 Å². The number of hydrogen-bond donors (Lipinski definition) is 3. The van der Waals surface area contributed by atoms with Crippen LogP contribution in [0, 0.1) is 0 Å². The molecule has 3 N–H and O–H groups in total. The number of likely N-dealkylation sites (tertiary alicyclic amines) is 1. The van der Waals surface area contributed by atoms with Crippen LogP contribution in [0.2, 0.25) is 5.02 Å². The van der Waals surface area contributed by atoms with Crippen LogP contribution in [0.5, 0.6) is 0 Å². The Balaban J connectivity index is 1.71. The lowest BCUT2D eigenvalue weighted by molar-refractivity contribution is -0.136. The Kier molecular flexibility index (Phi) is 7.40. The number of benzene rings is 1. The van der Waals surface area contributed by atoms with Gasteiger partial charge in [-0.3, -0.25) is 30.0 Å². The van der Waals surface area contributed by atoms with Crippen LogP contribution in [0.25, 0.3) is 0 Å². The highest BCUT2D eigenvalue weighted by molar-refractivity contribution is 6.33. The molecule has 8 nitrogen and oxygen atoms in total. The Bertz CT molecular complexity index is 695. The minimum atomic E-state index is -0.596. The third-order valence-electron chi connectivity index (χ3n) is 3.88. The summed E-state index contributed by atoms with van der Waals surface area (Å²) in [4.78, 5) is 48.8. The highest BCUT2D eigenvalue weighted by Gasteiger charge is 2.19. The molecular formula is C17H21ClN4O4. The van der Waals surface area contributed by atoms with Crippen molar-refractivity contribution in [3.8, 4) is 0 Å². The van der Waals surface area contributed by atoms with Gasteiger partial charge >= 0.3 is 0 Å². The van der Waals surface area contributed by atoms with Gasteiger partial charge in [-0.25, -0.2) is 0 Å². The second-order valence-electron chi connectivity index (χ2n) is 5.88. The first-order valence-electron chi connectivity index (χ1n) is 8.35. The SMILES string of the molecule is O=C(CNC(=O)c1ccccc1Cl)NNC(=O)CN1CCCCCC1=O. The minimum absolute atomic E-state index is 0.0593. The zero-order valence-electron chi connectivity index (χ0n) is 14.2. The average Bonchev–Trinajstić information content (AvgIpc) is 2.83. The molecule has 0 radical (unpaired) electrons. The molecule has 26 heavy (non-hydrogen) atoms. The molecule has 0 aliphatic carbocycles. The monoisotopic (exact) mass is 380 g/mol. The molecule has 1 aromatic carbocycles. The zero-order chi connectivity index (χ0) is 18.9. The van der Waals surface area contributed by atoms with E-state index in [0.717, 1.165) is 19.3 Å². The summed E-state index contributed by atoms with van der Waals surface area (Å²) >= 11 is 5.90. The van der Waals surface area contributed by atoms with E-state index >= 15 is 0 Å². The molecule has 0 atom stereocenters. The van der Waals surface area contributed by atoms with Crippen molar-refractivity contribution in [1.82, 2.24) is 21.1 Å². The molecule has 2 rings (SSSR count). The molecule has 0 aromatic heterocycles. The van der Waals surface area contributed by atoms with Gasteiger partial charge in [0.1, 0.15) is 6.54 Å². The Morgan fingerprint density at radius 3 is 2.54 bits per heavy atom. The van der Waals surface area contributed by atoms with Crippen LogP contribution in [0.4, 0.5) is 0 Å². The molecule has 1 heterocycles. The maximum atomic E-state index is 11.9. The first-order chi connectivity index (χ1) is 12.5. The number of rotatable bonds is 5. The third kappa shape index (κ3) is 6.03. The number of carbonyl (C=O) groups is 4. The van der Waals surface area contributed by atoms with Gasteiger partial charge in [-0.2, -0.15) is 0 Å². The first kappa shape index (κ1) is 19.7. The maximum absolute atomic E-state index is 11.9. The van der Waals surface area contributed by atoms with Gasteiger partial charge in [0.25, 0.3) is 17.7 Å². The summed E-state index contributed by atoms with van der Waals surface area (Å²) in [6, 6.07) is 6.46. The Morgan fingerprint density at radius 2 is 1.77 bits per heavy atom. The fourth-order valence-corrected chi connectivity index (χ4v) is 2.72. The number of amides is 4. The molecule has 0 saturated carbocycles. The molecule has 4 amide bonds. The predicted molar refractivity (Wildman–Crippen MR) is 95.1 cm³/mol. The summed E-state index contributed by atoms with van der Waals surface area (Å²) in [6.45, 7) is 0.103. The highest BCUT2D eigenvalue weighted by atomic mass is 35.5. The normalized spacial score (nSPS) is 14.3. The van der Waals surface area contributed by atoms with Gasteiger partial charge in [-0.15, -0.1) is 0 Å². The summed E-state index contributed by atoms with van der Waals surface area (Å²) in [5.41, 5.74) is 4.69. The lowest BCUT2D eigenvalue weighted by atomic mass is 10.2. The molecule has 0 unspecified atom stereocenters. The molecular weight excluding hydrogens is 360 g/mol. The van der Waals surface area contributed by atoms with Gasteiger partial charge in [0, 0.05) is 13.0 Å². The van der Waals surface area contributed by atoms with Crippen molar-refractivity contribution < 1.29 is 19.2 Å². The van der Waals surface area contributed by atoms with Crippen molar-refractivity contribution in [2.75, 3.05) is 19.6 Å². The lowest BCUT2D eigenvalue weighted by Crippen LogP contribution is -2.50. The number of nitrogens with one attached hydrogen (secondary N) is 3. The molecule has 1 aliphatic heterocycles. The molecule has 0 spiro atoms. The Labute approximate surface area is 156 Å². The zero-order valence-corrected chi connectivity index (χ0v) is 15.0. The average molecular weight is 381 g/mol. The van der Waals surface area contributed by atoms with Crippen molar-refractivity contribution in [3.05, 3.63) is 34.9 Å². The van der Waals surface area contributed by atoms with Crippen LogP contribution in [-0.4, -0.2) is 48.2 Å². The van der Waals surface area contributed by atoms with Crippen molar-refractivity contribution in [3.63, 3.8) is 0 Å². The van der Waals surface area contributed by atoms with E-state index in [-0.39, 0.29) is 29.6 Å². The molecule has 140 valence electrons. The molecule has 0 bridgehead atoms. The molecule has 1 aromatic rings. The second kappa shape index (κ2) is 9.76. The van der Waals surface area contributed by atoms with Crippen LogP contribution in [0.3, 0.4) is 0 Å². The summed E-state index contributed by atoms with van der Waals surface area (Å²) in [5, 5.41) is 2.69. The van der Waals surface area contributed by atoms with E-state index < -0.39 is 17.7 Å². The molecule has 1 fully saturated rings. The summed E-state index contributed by atoms with van der Waals surface area (Å²) in [6.07, 6.45) is 3.09. The van der Waals surface area contributed by atoms with Crippen LogP contribution in [-0.2, 0) is 14.4 Å². The molecule has 1 saturated heterocycles. The summed E-state index contributed by atoms with van der Waals surface area (Å²) in [7, 11) is 0. The van der Waals surface area contributed by atoms with E-state index in [1.807, 2.05) is 0 Å². The van der Waals surface area contributed by atoms with E-state index in [1.54, 1.807) is 18.2 Å². The van der Waals surface area contributed by atoms with E-state index in [2.05, 4.69) is 16.2 Å². The smallest absolute Gasteiger partial charge is 0.257 e. The maximum Gasteiger partial charge on any atom is 0.257 e. The number of halogens is 1. The second-order valence-corrected chi connectivity index (χ2v) is 6.29. The lowest BCUT2D eigenvalue weighted by Gasteiger charge is -2.19. The molecule has 1 aliphatic rings. The largest absolute Gasteiger partial charge is 0.343 e. The van der Waals surface area contributed by atoms with Gasteiger partial charge in [-0.1, -0.05) is 30.2 Å². The van der Waals surface area contributed by atoms with E-state index in [0.29, 0.717) is 13.0 Å². The number of carbonyl (C=O) groups excluding carboxylic acids is 4. The quantitative estimate of drug-likeness (QED) is 0.651. The van der Waals surface area contributed by atoms with Crippen LogP contribution >= 0.6 is 11.6 Å². The van der Waals surface area contributed by atoms with Crippen LogP contribution in [0.1, 0.15) is 36.0 Å². The van der Waals surface area contributed by atoms with Crippen LogP contribution < -0.4 is 16.2 Å². The minimum Gasteiger partial charge on any atom is -0.343 e. The van der Waals surface area contributed by atoms with Gasteiger partial charge in [0.2, 0.25) is 5.91 Å². The van der Waals surface area contributed by atoms with E-state index in [9.17, 15) is 19.2 Å². The van der Waals surface area contributed by atoms with Crippen molar-refractivity contribution in [2.45, 2.75) is 25.7 Å². The van der Waals surface area contributed by atoms with E-state index in [4.69, 9.17) is 11.6 Å². The van der Waals surface area contributed by atoms with Gasteiger partial charge in [0.15, 0.2) is 0 Å². The molecule has 9 heteroatoms. The number of nitrogens with zero attached hydrogens (tertiary/aromatic N) is 1. The first-order valence-corrected chi connectivity index (χ1v) is 8.73. The van der Waals surface area contributed by atoms with Gasteiger partial charge in [0.05, 0.1) is 17.1 Å². The summed E-state index contributed by atoms with van der Waals surface area (Å²) in [5.74, 6) is -1.64. The van der Waals surface area contributed by atoms with Crippen molar-refractivity contribution in [1.29, 1.82) is 0 Å². The number of hydrogen-bond acceptors (Lipinski definition) is 4. The predicted octanol–water partition coefficient (Wildman–Crippen LogP) is 0.620. The Morgan fingerprint density at radius 1 is 1.04 bits per heavy atom. The van der Waals surface area contributed by atoms with Crippen molar-refractivity contribution in [2.24, 2.45) is 0 Å². The number of hydrazine groups is 1. The fraction of sp³-hybridized carbons (Fsp3) is 0.412. The summed E-state index contributed by atoms with van der Waals surface area (Å²) < 4.78 is 0. The third-order valence-corrected chi connectivity index (χ3v) is 4.20. The highest BCUT2D eigenvalue weighted by Crippen LogP contribution is 2.14.